The van der Waals surface area contributed by atoms with Crippen molar-refractivity contribution >= 4 is 23.6 Å². The highest BCUT2D eigenvalue weighted by Gasteiger charge is 2.02. The topological polar surface area (TPSA) is 58.6 Å². The maximum Gasteiger partial charge on any atom is 0.325 e. The minimum Gasteiger partial charge on any atom is -0.465 e. The second-order valence-electron chi connectivity index (χ2n) is 4.34. The fourth-order valence-electron chi connectivity index (χ4n) is 1.49. The molecule has 0 saturated carbocycles. The Hall–Kier alpha value is -2.30. The molecule has 108 valence electrons. The molecule has 0 aliphatic heterocycles. The Kier molecular flexibility index (Phi) is 6.29. The number of anilines is 1. The molecule has 5 heteroatoms. The van der Waals surface area contributed by atoms with Crippen LogP contribution in [0, 0.1) is 0 Å². The molecule has 0 fully saturated rings. The summed E-state index contributed by atoms with van der Waals surface area (Å²) in [5, 5.41) is 2.46. The van der Waals surface area contributed by atoms with Gasteiger partial charge in [0.05, 0.1) is 6.61 Å². The second-order valence-corrected chi connectivity index (χ2v) is 4.34. The molecular formula is C15H20N2O3. The zero-order chi connectivity index (χ0) is 15.0. The molecule has 0 unspecified atom stereocenters. The van der Waals surface area contributed by atoms with E-state index in [0.29, 0.717) is 6.61 Å². The standard InChI is InChI=1S/C15H20N2O3/c1-4-20-15(19)11-16-14(18)10-7-12-5-8-13(9-6-12)17(2)3/h5-10H,4,11H2,1-3H3,(H,16,18)/b10-7+. The second kappa shape index (κ2) is 7.99. The summed E-state index contributed by atoms with van der Waals surface area (Å²) in [6.45, 7) is 1.91. The largest absolute Gasteiger partial charge is 0.465 e. The zero-order valence-corrected chi connectivity index (χ0v) is 12.1. The first-order valence-corrected chi connectivity index (χ1v) is 6.42. The quantitative estimate of drug-likeness (QED) is 0.631. The number of ether oxygens (including phenoxy) is 1. The van der Waals surface area contributed by atoms with Gasteiger partial charge in [-0.05, 0) is 30.7 Å². The average molecular weight is 276 g/mol. The molecule has 5 nitrogen and oxygen atoms in total. The van der Waals surface area contributed by atoms with E-state index in [0.717, 1.165) is 11.3 Å². The van der Waals surface area contributed by atoms with Crippen molar-refractivity contribution in [2.45, 2.75) is 6.92 Å². The molecule has 0 saturated heterocycles. The van der Waals surface area contributed by atoms with Crippen LogP contribution in [0.25, 0.3) is 6.08 Å². The summed E-state index contributed by atoms with van der Waals surface area (Å²) in [5.41, 5.74) is 2.01. The first kappa shape index (κ1) is 15.8. The Morgan fingerprint density at radius 3 is 2.45 bits per heavy atom. The van der Waals surface area contributed by atoms with Crippen LogP contribution in [-0.2, 0) is 14.3 Å². The predicted octanol–water partition coefficient (Wildman–Crippen LogP) is 1.45. The lowest BCUT2D eigenvalue weighted by atomic mass is 10.2. The van der Waals surface area contributed by atoms with Gasteiger partial charge < -0.3 is 15.0 Å². The molecule has 0 atom stereocenters. The summed E-state index contributed by atoms with van der Waals surface area (Å²) in [6, 6.07) is 7.78. The maximum absolute atomic E-state index is 11.5. The van der Waals surface area contributed by atoms with Crippen molar-refractivity contribution < 1.29 is 14.3 Å². The normalized spacial score (nSPS) is 10.3. The number of nitrogens with zero attached hydrogens (tertiary/aromatic N) is 1. The summed E-state index contributed by atoms with van der Waals surface area (Å²) >= 11 is 0. The molecule has 0 radical (unpaired) electrons. The van der Waals surface area contributed by atoms with E-state index in [4.69, 9.17) is 4.74 Å². The summed E-state index contributed by atoms with van der Waals surface area (Å²) < 4.78 is 4.71. The van der Waals surface area contributed by atoms with Gasteiger partial charge in [-0.1, -0.05) is 12.1 Å². The number of carbonyl (C=O) groups excluding carboxylic acids is 2. The van der Waals surface area contributed by atoms with Gasteiger partial charge in [-0.2, -0.15) is 0 Å². The lowest BCUT2D eigenvalue weighted by Crippen LogP contribution is -2.29. The smallest absolute Gasteiger partial charge is 0.325 e. The van der Waals surface area contributed by atoms with Crippen LogP contribution in [0.15, 0.2) is 30.3 Å². The number of carbonyl (C=O) groups is 2. The Bertz CT molecular complexity index is 478. The lowest BCUT2D eigenvalue weighted by molar-refractivity contribution is -0.143. The summed E-state index contributed by atoms with van der Waals surface area (Å²) in [5.74, 6) is -0.765. The third-order valence-corrected chi connectivity index (χ3v) is 2.55. The first-order valence-electron chi connectivity index (χ1n) is 6.42. The molecule has 0 bridgehead atoms. The van der Waals surface area contributed by atoms with Crippen LogP contribution in [0.1, 0.15) is 12.5 Å². The Morgan fingerprint density at radius 1 is 1.25 bits per heavy atom. The van der Waals surface area contributed by atoms with Crippen molar-refractivity contribution in [1.29, 1.82) is 0 Å². The van der Waals surface area contributed by atoms with Crippen LogP contribution >= 0.6 is 0 Å². The Morgan fingerprint density at radius 2 is 1.90 bits per heavy atom. The van der Waals surface area contributed by atoms with Gasteiger partial charge in [0.1, 0.15) is 6.54 Å². The number of esters is 1. The van der Waals surface area contributed by atoms with Crippen molar-refractivity contribution in [2.24, 2.45) is 0 Å². The molecule has 0 aliphatic carbocycles. The van der Waals surface area contributed by atoms with Gasteiger partial charge in [-0.25, -0.2) is 0 Å². The highest BCUT2D eigenvalue weighted by Crippen LogP contribution is 2.12. The van der Waals surface area contributed by atoms with Crippen LogP contribution in [0.2, 0.25) is 0 Å². The monoisotopic (exact) mass is 276 g/mol. The van der Waals surface area contributed by atoms with Gasteiger partial charge in [0.25, 0.3) is 0 Å². The van der Waals surface area contributed by atoms with Gasteiger partial charge >= 0.3 is 5.97 Å². The Labute approximate surface area is 119 Å². The third-order valence-electron chi connectivity index (χ3n) is 2.55. The SMILES string of the molecule is CCOC(=O)CNC(=O)/C=C/c1ccc(N(C)C)cc1. The molecule has 1 aromatic carbocycles. The van der Waals surface area contributed by atoms with Crippen molar-refractivity contribution in [2.75, 3.05) is 32.1 Å². The summed E-state index contributed by atoms with van der Waals surface area (Å²) in [4.78, 5) is 24.5. The molecule has 1 N–H and O–H groups in total. The lowest BCUT2D eigenvalue weighted by Gasteiger charge is -2.11. The van der Waals surface area contributed by atoms with Crippen LogP contribution in [0.5, 0.6) is 0 Å². The van der Waals surface area contributed by atoms with Crippen LogP contribution < -0.4 is 10.2 Å². The maximum atomic E-state index is 11.5. The third kappa shape index (κ3) is 5.56. The van der Waals surface area contributed by atoms with Crippen molar-refractivity contribution in [3.05, 3.63) is 35.9 Å². The molecular weight excluding hydrogens is 256 g/mol. The number of hydrogen-bond acceptors (Lipinski definition) is 4. The van der Waals surface area contributed by atoms with Crippen LogP contribution in [-0.4, -0.2) is 39.1 Å². The highest BCUT2D eigenvalue weighted by molar-refractivity contribution is 5.93. The van der Waals surface area contributed by atoms with E-state index in [1.54, 1.807) is 13.0 Å². The van der Waals surface area contributed by atoms with E-state index in [9.17, 15) is 9.59 Å². The average Bonchev–Trinajstić information content (AvgIpc) is 2.43. The van der Waals surface area contributed by atoms with Crippen molar-refractivity contribution in [3.63, 3.8) is 0 Å². The molecule has 1 amide bonds. The molecule has 0 spiro atoms. The number of benzene rings is 1. The first-order chi connectivity index (χ1) is 9.52. The molecule has 1 aromatic rings. The molecule has 0 aromatic heterocycles. The fourth-order valence-corrected chi connectivity index (χ4v) is 1.49. The van der Waals surface area contributed by atoms with E-state index in [1.807, 2.05) is 43.3 Å². The van der Waals surface area contributed by atoms with Gasteiger partial charge in [0, 0.05) is 25.9 Å². The van der Waals surface area contributed by atoms with Crippen LogP contribution in [0.4, 0.5) is 5.69 Å². The highest BCUT2D eigenvalue weighted by atomic mass is 16.5. The van der Waals surface area contributed by atoms with Gasteiger partial charge in [-0.3, -0.25) is 9.59 Å². The minimum absolute atomic E-state index is 0.115. The van der Waals surface area contributed by atoms with Gasteiger partial charge in [-0.15, -0.1) is 0 Å². The predicted molar refractivity (Wildman–Crippen MR) is 79.4 cm³/mol. The molecule has 20 heavy (non-hydrogen) atoms. The van der Waals surface area contributed by atoms with E-state index >= 15 is 0 Å². The number of amides is 1. The zero-order valence-electron chi connectivity index (χ0n) is 12.1. The van der Waals surface area contributed by atoms with E-state index in [1.165, 1.54) is 6.08 Å². The number of hydrogen-bond donors (Lipinski definition) is 1. The minimum atomic E-state index is -0.440. The number of nitrogens with one attached hydrogen (secondary N) is 1. The van der Waals surface area contributed by atoms with E-state index in [-0.39, 0.29) is 12.5 Å². The van der Waals surface area contributed by atoms with Gasteiger partial charge in [0.2, 0.25) is 5.91 Å². The van der Waals surface area contributed by atoms with Gasteiger partial charge in [0.15, 0.2) is 0 Å². The van der Waals surface area contributed by atoms with Crippen LogP contribution in [0.3, 0.4) is 0 Å². The molecule has 0 heterocycles. The summed E-state index contributed by atoms with van der Waals surface area (Å²) in [6.07, 6.45) is 3.09. The fraction of sp³-hybridized carbons (Fsp3) is 0.333. The van der Waals surface area contributed by atoms with E-state index < -0.39 is 5.97 Å². The molecule has 0 aliphatic rings. The molecule has 1 rings (SSSR count). The van der Waals surface area contributed by atoms with Crippen molar-refractivity contribution in [1.82, 2.24) is 5.32 Å². The Balaban J connectivity index is 2.46. The van der Waals surface area contributed by atoms with Crippen molar-refractivity contribution in [3.8, 4) is 0 Å². The summed E-state index contributed by atoms with van der Waals surface area (Å²) in [7, 11) is 3.93. The van der Waals surface area contributed by atoms with E-state index in [2.05, 4.69) is 5.32 Å². The number of rotatable bonds is 6.